The second-order valence-corrected chi connectivity index (χ2v) is 5.12. The Labute approximate surface area is 109 Å². The van der Waals surface area contributed by atoms with E-state index in [1.807, 2.05) is 0 Å². The van der Waals surface area contributed by atoms with Gasteiger partial charge in [0.15, 0.2) is 5.12 Å². The Kier molecular flexibility index (Phi) is 6.16. The van der Waals surface area contributed by atoms with Gasteiger partial charge in [0, 0.05) is 25.5 Å². The minimum absolute atomic E-state index is 0.0192. The van der Waals surface area contributed by atoms with Gasteiger partial charge in [0.1, 0.15) is 0 Å². The average Bonchev–Trinajstić information content (AvgIpc) is 2.25. The summed E-state index contributed by atoms with van der Waals surface area (Å²) in [5.41, 5.74) is 0. The van der Waals surface area contributed by atoms with Crippen molar-refractivity contribution in [2.45, 2.75) is 50.6 Å². The zero-order chi connectivity index (χ0) is 15.5. The van der Waals surface area contributed by atoms with E-state index in [2.05, 4.69) is 0 Å². The van der Waals surface area contributed by atoms with Gasteiger partial charge >= 0.3 is 11.8 Å². The smallest absolute Gasteiger partial charge is 0.287 e. The molecule has 0 aliphatic carbocycles. The molecule has 9 heteroatoms. The molecule has 0 saturated heterocycles. The number of hydrogen-bond donors (Lipinski definition) is 0. The molecule has 0 saturated carbocycles. The summed E-state index contributed by atoms with van der Waals surface area (Å²) < 4.78 is 89.8. The Morgan fingerprint density at radius 2 is 1.63 bits per heavy atom. The molecule has 0 bridgehead atoms. The minimum atomic E-state index is -5.50. The van der Waals surface area contributed by atoms with Gasteiger partial charge in [-0.1, -0.05) is 18.7 Å². The summed E-state index contributed by atoms with van der Waals surface area (Å²) in [6.07, 6.45) is -5.83. The van der Waals surface area contributed by atoms with Crippen LogP contribution in [-0.2, 0) is 4.79 Å². The first-order valence-corrected chi connectivity index (χ1v) is 6.28. The monoisotopic (exact) mass is 314 g/mol. The molecule has 0 aromatic heterocycles. The highest BCUT2D eigenvalue weighted by atomic mass is 32.2. The van der Waals surface area contributed by atoms with E-state index < -0.39 is 41.2 Å². The molecular formula is C10H13F7OS. The van der Waals surface area contributed by atoms with Crippen LogP contribution < -0.4 is 0 Å². The molecule has 0 aliphatic rings. The highest BCUT2D eigenvalue weighted by Crippen LogP contribution is 2.45. The van der Waals surface area contributed by atoms with E-state index in [0.29, 0.717) is 11.8 Å². The molecule has 114 valence electrons. The first-order chi connectivity index (χ1) is 8.36. The number of carbonyl (C=O) groups excluding carboxylic acids is 1. The van der Waals surface area contributed by atoms with Gasteiger partial charge < -0.3 is 0 Å². The minimum Gasteiger partial charge on any atom is -0.287 e. The van der Waals surface area contributed by atoms with E-state index in [4.69, 9.17) is 0 Å². The lowest BCUT2D eigenvalue weighted by atomic mass is 10.0. The van der Waals surface area contributed by atoms with Crippen LogP contribution in [0.25, 0.3) is 0 Å². The summed E-state index contributed by atoms with van der Waals surface area (Å²) in [6, 6.07) is 0. The predicted octanol–water partition coefficient (Wildman–Crippen LogP) is 4.31. The van der Waals surface area contributed by atoms with Gasteiger partial charge in [-0.25, -0.2) is 13.2 Å². The Hall–Kier alpha value is -0.470. The third-order valence-corrected chi connectivity index (χ3v) is 3.24. The van der Waals surface area contributed by atoms with Crippen LogP contribution in [0.15, 0.2) is 0 Å². The van der Waals surface area contributed by atoms with Gasteiger partial charge in [-0.2, -0.15) is 17.6 Å². The summed E-state index contributed by atoms with van der Waals surface area (Å²) >= 11 is 0.376. The van der Waals surface area contributed by atoms with Crippen molar-refractivity contribution < 1.29 is 35.5 Å². The molecule has 0 rings (SSSR count). The summed E-state index contributed by atoms with van der Waals surface area (Å²) in [6.45, 7) is 1.24. The lowest BCUT2D eigenvalue weighted by Crippen LogP contribution is -2.54. The second kappa shape index (κ2) is 6.32. The molecule has 0 aromatic carbocycles. The Bertz CT molecular complexity index is 313. The number of thioether (sulfide) groups is 1. The first-order valence-electron chi connectivity index (χ1n) is 5.29. The number of halogens is 7. The van der Waals surface area contributed by atoms with Crippen LogP contribution >= 0.6 is 11.8 Å². The number of alkyl halides is 7. The van der Waals surface area contributed by atoms with Gasteiger partial charge in [-0.05, 0) is 0 Å². The lowest BCUT2D eigenvalue weighted by Gasteiger charge is -2.31. The topological polar surface area (TPSA) is 17.1 Å². The van der Waals surface area contributed by atoms with Crippen molar-refractivity contribution in [3.63, 3.8) is 0 Å². The molecular weight excluding hydrogens is 301 g/mol. The van der Waals surface area contributed by atoms with Crippen LogP contribution in [0.2, 0.25) is 0 Å². The quantitative estimate of drug-likeness (QED) is 0.651. The standard InChI is InChI=1S/C10H13F7OS/c1-3-6(18)19-5-4-9(14,15)10(16,17)7(11)8(2,12)13/h7H,3-5H2,1-2H3. The van der Waals surface area contributed by atoms with Gasteiger partial charge in [-0.15, -0.1) is 0 Å². The third-order valence-electron chi connectivity index (χ3n) is 2.22. The number of hydrogen-bond acceptors (Lipinski definition) is 2. The van der Waals surface area contributed by atoms with Crippen LogP contribution in [-0.4, -0.2) is 34.8 Å². The third kappa shape index (κ3) is 4.85. The highest BCUT2D eigenvalue weighted by molar-refractivity contribution is 8.13. The van der Waals surface area contributed by atoms with Crippen LogP contribution in [0.4, 0.5) is 30.7 Å². The second-order valence-electron chi connectivity index (χ2n) is 3.97. The molecule has 0 amide bonds. The van der Waals surface area contributed by atoms with Crippen LogP contribution in [0.3, 0.4) is 0 Å². The van der Waals surface area contributed by atoms with E-state index in [1.54, 1.807) is 0 Å². The van der Waals surface area contributed by atoms with E-state index in [-0.39, 0.29) is 13.3 Å². The number of carbonyl (C=O) groups is 1. The van der Waals surface area contributed by atoms with Crippen LogP contribution in [0.1, 0.15) is 26.7 Å². The number of rotatable bonds is 7. The molecule has 19 heavy (non-hydrogen) atoms. The van der Waals surface area contributed by atoms with E-state index >= 15 is 0 Å². The van der Waals surface area contributed by atoms with Crippen molar-refractivity contribution in [2.24, 2.45) is 0 Å². The van der Waals surface area contributed by atoms with Crippen molar-refractivity contribution in [3.05, 3.63) is 0 Å². The summed E-state index contributed by atoms with van der Waals surface area (Å²) in [7, 11) is 0. The molecule has 0 aromatic rings. The fraction of sp³-hybridized carbons (Fsp3) is 0.900. The van der Waals surface area contributed by atoms with Gasteiger partial charge in [0.2, 0.25) is 6.17 Å². The molecule has 0 radical (unpaired) electrons. The normalized spacial score (nSPS) is 15.4. The molecule has 0 aliphatic heterocycles. The fourth-order valence-corrected chi connectivity index (χ4v) is 1.86. The van der Waals surface area contributed by atoms with Crippen molar-refractivity contribution >= 4 is 16.9 Å². The fourth-order valence-electron chi connectivity index (χ4n) is 1.07. The highest BCUT2D eigenvalue weighted by Gasteiger charge is 2.66. The molecule has 1 atom stereocenters. The molecule has 0 spiro atoms. The molecule has 0 N–H and O–H groups in total. The van der Waals surface area contributed by atoms with Crippen molar-refractivity contribution in [2.75, 3.05) is 5.75 Å². The van der Waals surface area contributed by atoms with E-state index in [0.717, 1.165) is 0 Å². The molecule has 1 unspecified atom stereocenters. The summed E-state index contributed by atoms with van der Waals surface area (Å²) in [5.74, 6) is -15.7. The zero-order valence-corrected chi connectivity index (χ0v) is 11.0. The first kappa shape index (κ1) is 18.5. The van der Waals surface area contributed by atoms with Crippen LogP contribution in [0.5, 0.6) is 0 Å². The Balaban J connectivity index is 4.73. The van der Waals surface area contributed by atoms with Gasteiger partial charge in [0.05, 0.1) is 0 Å². The Morgan fingerprint density at radius 3 is 2.00 bits per heavy atom. The summed E-state index contributed by atoms with van der Waals surface area (Å²) in [4.78, 5) is 10.8. The largest absolute Gasteiger partial charge is 0.346 e. The van der Waals surface area contributed by atoms with E-state index in [1.165, 1.54) is 6.92 Å². The summed E-state index contributed by atoms with van der Waals surface area (Å²) in [5, 5.41) is -0.503. The van der Waals surface area contributed by atoms with Gasteiger partial charge in [0.25, 0.3) is 5.92 Å². The lowest BCUT2D eigenvalue weighted by molar-refractivity contribution is -0.274. The SMILES string of the molecule is CCC(=O)SCCC(F)(F)C(F)(F)C(F)C(C)(F)F. The van der Waals surface area contributed by atoms with Gasteiger partial charge in [-0.3, -0.25) is 4.79 Å². The van der Waals surface area contributed by atoms with E-state index in [9.17, 15) is 35.5 Å². The molecule has 0 fully saturated rings. The predicted molar refractivity (Wildman–Crippen MR) is 57.8 cm³/mol. The van der Waals surface area contributed by atoms with Crippen molar-refractivity contribution in [1.29, 1.82) is 0 Å². The maximum Gasteiger partial charge on any atom is 0.346 e. The Morgan fingerprint density at radius 1 is 1.16 bits per heavy atom. The maximum absolute atomic E-state index is 13.1. The van der Waals surface area contributed by atoms with Crippen molar-refractivity contribution in [3.8, 4) is 0 Å². The average molecular weight is 314 g/mol. The maximum atomic E-state index is 13.1. The van der Waals surface area contributed by atoms with Crippen LogP contribution in [0, 0.1) is 0 Å². The zero-order valence-electron chi connectivity index (χ0n) is 10.2. The molecule has 0 heterocycles. The van der Waals surface area contributed by atoms with Crippen molar-refractivity contribution in [1.82, 2.24) is 0 Å². The molecule has 1 nitrogen and oxygen atoms in total.